The first-order chi connectivity index (χ1) is 14.0. The Hall–Kier alpha value is -2.57. The summed E-state index contributed by atoms with van der Waals surface area (Å²) in [6, 6.07) is 21.6. The third kappa shape index (κ3) is 3.44. The van der Waals surface area contributed by atoms with E-state index < -0.39 is 0 Å². The number of nitriles is 1. The second-order valence-corrected chi connectivity index (χ2v) is 10.9. The fourth-order valence-corrected chi connectivity index (χ4v) is 4.39. The highest BCUT2D eigenvalue weighted by molar-refractivity contribution is 9.10. The van der Waals surface area contributed by atoms with Crippen molar-refractivity contribution >= 4 is 37.7 Å². The van der Waals surface area contributed by atoms with Crippen molar-refractivity contribution in [3.05, 3.63) is 75.8 Å². The SMILES string of the molecule is CC(C)(C)c1ccc2c(c1)c1cc(C(C)(C)C)ccc1n2-c1cc(C#N)ccc1Br. The van der Waals surface area contributed by atoms with Crippen LogP contribution in [0.25, 0.3) is 27.5 Å². The molecule has 0 radical (unpaired) electrons. The third-order valence-corrected chi connectivity index (χ3v) is 6.48. The Morgan fingerprint density at radius 2 is 1.23 bits per heavy atom. The molecule has 0 aliphatic rings. The van der Waals surface area contributed by atoms with Gasteiger partial charge >= 0.3 is 0 Å². The van der Waals surface area contributed by atoms with Crippen LogP contribution in [0.15, 0.2) is 59.1 Å². The second-order valence-electron chi connectivity index (χ2n) is 10.1. The largest absolute Gasteiger partial charge is 0.308 e. The Kier molecular flexibility index (Phi) is 4.83. The monoisotopic (exact) mass is 458 g/mol. The predicted molar refractivity (Wildman–Crippen MR) is 131 cm³/mol. The Morgan fingerprint density at radius 3 is 1.67 bits per heavy atom. The van der Waals surface area contributed by atoms with Crippen molar-refractivity contribution in [2.24, 2.45) is 0 Å². The van der Waals surface area contributed by atoms with Crippen LogP contribution in [0.5, 0.6) is 0 Å². The van der Waals surface area contributed by atoms with Gasteiger partial charge in [0.25, 0.3) is 0 Å². The number of aromatic nitrogens is 1. The van der Waals surface area contributed by atoms with Crippen LogP contribution in [0.2, 0.25) is 0 Å². The Labute approximate surface area is 187 Å². The van der Waals surface area contributed by atoms with E-state index in [0.29, 0.717) is 5.56 Å². The molecule has 0 atom stereocenters. The summed E-state index contributed by atoms with van der Waals surface area (Å²) in [6.07, 6.45) is 0. The summed E-state index contributed by atoms with van der Waals surface area (Å²) in [6.45, 7) is 13.5. The minimum Gasteiger partial charge on any atom is -0.308 e. The van der Waals surface area contributed by atoms with E-state index in [0.717, 1.165) is 21.2 Å². The first-order valence-electron chi connectivity index (χ1n) is 10.3. The van der Waals surface area contributed by atoms with E-state index in [2.05, 4.69) is 105 Å². The number of nitrogens with zero attached hydrogens (tertiary/aromatic N) is 2. The highest BCUT2D eigenvalue weighted by atomic mass is 79.9. The molecule has 1 aromatic heterocycles. The molecule has 0 N–H and O–H groups in total. The summed E-state index contributed by atoms with van der Waals surface area (Å²) in [5.41, 5.74) is 6.73. The number of hydrogen-bond donors (Lipinski definition) is 0. The average molecular weight is 459 g/mol. The molecule has 0 aliphatic carbocycles. The number of benzene rings is 3. The standard InChI is InChI=1S/C27H27BrN2/c1-26(2,3)18-8-11-23-20(14-18)21-15-19(27(4,5)6)9-12-24(21)30(23)25-13-17(16-29)7-10-22(25)28/h7-15H,1-6H3. The summed E-state index contributed by atoms with van der Waals surface area (Å²) in [4.78, 5) is 0. The topological polar surface area (TPSA) is 28.7 Å². The molecule has 4 aromatic rings. The van der Waals surface area contributed by atoms with Gasteiger partial charge in [-0.05, 0) is 80.4 Å². The molecule has 0 saturated carbocycles. The zero-order chi connectivity index (χ0) is 21.8. The lowest BCUT2D eigenvalue weighted by Gasteiger charge is -2.19. The van der Waals surface area contributed by atoms with Gasteiger partial charge in [-0.15, -0.1) is 0 Å². The first-order valence-corrected chi connectivity index (χ1v) is 11.1. The first kappa shape index (κ1) is 20.7. The highest BCUT2D eigenvalue weighted by Gasteiger charge is 2.21. The average Bonchev–Trinajstić information content (AvgIpc) is 3.00. The smallest absolute Gasteiger partial charge is 0.0992 e. The maximum atomic E-state index is 9.45. The van der Waals surface area contributed by atoms with Crippen LogP contribution in [-0.2, 0) is 10.8 Å². The van der Waals surface area contributed by atoms with Crippen molar-refractivity contribution in [1.82, 2.24) is 4.57 Å². The van der Waals surface area contributed by atoms with Crippen LogP contribution in [0.1, 0.15) is 58.2 Å². The summed E-state index contributed by atoms with van der Waals surface area (Å²) in [5.74, 6) is 0. The molecular formula is C27H27BrN2. The molecule has 3 heteroatoms. The summed E-state index contributed by atoms with van der Waals surface area (Å²) < 4.78 is 3.24. The van der Waals surface area contributed by atoms with Crippen LogP contribution in [0.4, 0.5) is 0 Å². The fraction of sp³-hybridized carbons (Fsp3) is 0.296. The molecule has 0 aliphatic heterocycles. The van der Waals surface area contributed by atoms with E-state index in [-0.39, 0.29) is 10.8 Å². The number of hydrogen-bond acceptors (Lipinski definition) is 1. The Balaban J connectivity index is 2.16. The van der Waals surface area contributed by atoms with Crippen LogP contribution in [-0.4, -0.2) is 4.57 Å². The van der Waals surface area contributed by atoms with Gasteiger partial charge in [-0.3, -0.25) is 0 Å². The minimum atomic E-state index is 0.0750. The molecular weight excluding hydrogens is 432 g/mol. The lowest BCUT2D eigenvalue weighted by molar-refractivity contribution is 0.590. The van der Waals surface area contributed by atoms with Gasteiger partial charge in [-0.1, -0.05) is 53.7 Å². The Bertz CT molecular complexity index is 1250. The number of halogens is 1. The van der Waals surface area contributed by atoms with Crippen molar-refractivity contribution in [1.29, 1.82) is 5.26 Å². The van der Waals surface area contributed by atoms with Crippen molar-refractivity contribution in [2.45, 2.75) is 52.4 Å². The predicted octanol–water partition coefficient (Wildman–Crippen LogP) is 8.01. The van der Waals surface area contributed by atoms with Crippen LogP contribution < -0.4 is 0 Å². The molecule has 0 bridgehead atoms. The maximum absolute atomic E-state index is 9.45. The zero-order valence-electron chi connectivity index (χ0n) is 18.5. The van der Waals surface area contributed by atoms with Gasteiger partial charge in [0, 0.05) is 15.2 Å². The summed E-state index contributed by atoms with van der Waals surface area (Å²) in [7, 11) is 0. The van der Waals surface area contributed by atoms with E-state index in [1.807, 2.05) is 18.2 Å². The summed E-state index contributed by atoms with van der Waals surface area (Å²) >= 11 is 3.71. The zero-order valence-corrected chi connectivity index (χ0v) is 20.1. The molecule has 152 valence electrons. The van der Waals surface area contributed by atoms with E-state index in [4.69, 9.17) is 0 Å². The quantitative estimate of drug-likeness (QED) is 0.283. The fourth-order valence-electron chi connectivity index (χ4n) is 3.97. The van der Waals surface area contributed by atoms with Crippen LogP contribution in [0.3, 0.4) is 0 Å². The molecule has 4 rings (SSSR count). The lowest BCUT2D eigenvalue weighted by atomic mass is 9.85. The second kappa shape index (κ2) is 7.00. The molecule has 2 nitrogen and oxygen atoms in total. The molecule has 0 unspecified atom stereocenters. The van der Waals surface area contributed by atoms with Crippen molar-refractivity contribution in [3.8, 4) is 11.8 Å². The molecule has 0 spiro atoms. The molecule has 0 fully saturated rings. The highest BCUT2D eigenvalue weighted by Crippen LogP contribution is 2.38. The van der Waals surface area contributed by atoms with E-state index in [1.54, 1.807) is 0 Å². The normalized spacial score (nSPS) is 12.5. The van der Waals surface area contributed by atoms with Gasteiger partial charge in [-0.25, -0.2) is 0 Å². The van der Waals surface area contributed by atoms with E-state index in [9.17, 15) is 5.26 Å². The van der Waals surface area contributed by atoms with Gasteiger partial charge in [0.15, 0.2) is 0 Å². The lowest BCUT2D eigenvalue weighted by Crippen LogP contribution is -2.10. The Morgan fingerprint density at radius 1 is 0.733 bits per heavy atom. The maximum Gasteiger partial charge on any atom is 0.0992 e. The van der Waals surface area contributed by atoms with Crippen molar-refractivity contribution in [2.75, 3.05) is 0 Å². The molecule has 0 saturated heterocycles. The third-order valence-electron chi connectivity index (χ3n) is 5.81. The van der Waals surface area contributed by atoms with Gasteiger partial charge in [-0.2, -0.15) is 5.26 Å². The van der Waals surface area contributed by atoms with Crippen LogP contribution in [0, 0.1) is 11.3 Å². The van der Waals surface area contributed by atoms with Gasteiger partial charge in [0.05, 0.1) is 28.4 Å². The van der Waals surface area contributed by atoms with Gasteiger partial charge in [0.2, 0.25) is 0 Å². The number of fused-ring (bicyclic) bond motifs is 3. The summed E-state index contributed by atoms with van der Waals surface area (Å²) in [5, 5.41) is 12.0. The number of rotatable bonds is 1. The molecule has 0 amide bonds. The minimum absolute atomic E-state index is 0.0750. The van der Waals surface area contributed by atoms with Gasteiger partial charge < -0.3 is 4.57 Å². The molecule has 30 heavy (non-hydrogen) atoms. The van der Waals surface area contributed by atoms with Crippen LogP contribution >= 0.6 is 15.9 Å². The molecule has 1 heterocycles. The van der Waals surface area contributed by atoms with E-state index >= 15 is 0 Å². The molecule has 3 aromatic carbocycles. The van der Waals surface area contributed by atoms with Crippen molar-refractivity contribution in [3.63, 3.8) is 0 Å². The van der Waals surface area contributed by atoms with E-state index in [1.165, 1.54) is 21.9 Å². The van der Waals surface area contributed by atoms with Gasteiger partial charge in [0.1, 0.15) is 0 Å². The van der Waals surface area contributed by atoms with Crippen molar-refractivity contribution < 1.29 is 0 Å².